The van der Waals surface area contributed by atoms with Crippen molar-refractivity contribution < 1.29 is 24.9 Å². The van der Waals surface area contributed by atoms with Crippen molar-refractivity contribution >= 4 is 5.97 Å². The van der Waals surface area contributed by atoms with Gasteiger partial charge in [-0.15, -0.1) is 0 Å². The summed E-state index contributed by atoms with van der Waals surface area (Å²) in [5.41, 5.74) is -0.0675. The zero-order valence-electron chi connectivity index (χ0n) is 15.6. The molecule has 25 heavy (non-hydrogen) atoms. The Morgan fingerprint density at radius 1 is 1.24 bits per heavy atom. The lowest BCUT2D eigenvalue weighted by molar-refractivity contribution is -0.170. The number of hydrogen-bond acceptors (Lipinski definition) is 5. The van der Waals surface area contributed by atoms with E-state index in [1.54, 1.807) is 0 Å². The number of cyclic esters (lactones) is 1. The van der Waals surface area contributed by atoms with Gasteiger partial charge in [0.1, 0.15) is 12.7 Å². The van der Waals surface area contributed by atoms with Gasteiger partial charge in [0, 0.05) is 5.41 Å². The fourth-order valence-corrected chi connectivity index (χ4v) is 5.98. The molecule has 0 amide bonds. The normalized spacial score (nSPS) is 49.1. The van der Waals surface area contributed by atoms with Gasteiger partial charge in [-0.05, 0) is 48.9 Å². The van der Waals surface area contributed by atoms with Crippen molar-refractivity contribution in [2.75, 3.05) is 13.2 Å². The Bertz CT molecular complexity index is 558. The number of esters is 1. The number of ether oxygens (including phenoxy) is 1. The molecule has 3 rings (SSSR count). The Morgan fingerprint density at radius 2 is 1.96 bits per heavy atom. The van der Waals surface area contributed by atoms with E-state index >= 15 is 0 Å². The second-order valence-electron chi connectivity index (χ2n) is 8.95. The average molecular weight is 352 g/mol. The third kappa shape index (κ3) is 2.94. The lowest BCUT2D eigenvalue weighted by Crippen LogP contribution is -2.58. The number of carbonyl (C=O) groups is 1. The van der Waals surface area contributed by atoms with E-state index in [-0.39, 0.29) is 24.5 Å². The first kappa shape index (κ1) is 18.9. The number of carbonyl (C=O) groups excluding carboxylic acids is 1. The molecule has 0 aromatic rings. The SMILES string of the molecule is CC1CC[C@@H]2[C@](C)(CO)[C@H](O)CC[C@@]2(C)[C@@H]1C/C=C1/C(=O)OC[C@H]1O. The minimum absolute atomic E-state index is 0.00164. The third-order valence-electron chi connectivity index (χ3n) is 7.65. The highest BCUT2D eigenvalue weighted by atomic mass is 16.6. The summed E-state index contributed by atoms with van der Waals surface area (Å²) in [6.07, 6.45) is 5.03. The van der Waals surface area contributed by atoms with E-state index in [0.29, 0.717) is 23.8 Å². The van der Waals surface area contributed by atoms with Gasteiger partial charge in [-0.1, -0.05) is 33.3 Å². The molecule has 2 aliphatic carbocycles. The van der Waals surface area contributed by atoms with Gasteiger partial charge >= 0.3 is 5.97 Å². The smallest absolute Gasteiger partial charge is 0.336 e. The summed E-state index contributed by atoms with van der Waals surface area (Å²) >= 11 is 0. The van der Waals surface area contributed by atoms with Crippen LogP contribution in [0.3, 0.4) is 0 Å². The van der Waals surface area contributed by atoms with Crippen LogP contribution >= 0.6 is 0 Å². The molecule has 0 radical (unpaired) electrons. The standard InChI is InChI=1S/C20H32O5/c1-12-4-7-16-19(2,9-8-17(23)20(16,3)11-21)14(12)6-5-13-15(22)10-25-18(13)24/h5,12,14-17,21-23H,4,6-11H2,1-3H3/b13-5+/t12?,14-,15-,16+,17-,19+,20+/m1/s1. The number of aliphatic hydroxyl groups excluding tert-OH is 3. The molecule has 142 valence electrons. The van der Waals surface area contributed by atoms with Crippen molar-refractivity contribution in [3.8, 4) is 0 Å². The van der Waals surface area contributed by atoms with E-state index in [1.165, 1.54) is 0 Å². The molecule has 1 saturated heterocycles. The first-order valence-corrected chi connectivity index (χ1v) is 9.58. The lowest BCUT2D eigenvalue weighted by atomic mass is 9.45. The maximum atomic E-state index is 11.8. The van der Waals surface area contributed by atoms with Gasteiger partial charge in [0.2, 0.25) is 0 Å². The number of hydrogen-bond donors (Lipinski definition) is 3. The predicted octanol–water partition coefficient (Wildman–Crippen LogP) is 2.04. The molecular weight excluding hydrogens is 320 g/mol. The Hall–Kier alpha value is -0.910. The van der Waals surface area contributed by atoms with Gasteiger partial charge in [-0.25, -0.2) is 4.79 Å². The van der Waals surface area contributed by atoms with Crippen molar-refractivity contribution in [3.05, 3.63) is 11.6 Å². The first-order chi connectivity index (χ1) is 11.7. The fourth-order valence-electron chi connectivity index (χ4n) is 5.98. The molecule has 5 heteroatoms. The van der Waals surface area contributed by atoms with Crippen LogP contribution in [0.2, 0.25) is 0 Å². The second-order valence-corrected chi connectivity index (χ2v) is 8.95. The van der Waals surface area contributed by atoms with Gasteiger partial charge in [0.05, 0.1) is 18.3 Å². The Morgan fingerprint density at radius 3 is 2.56 bits per heavy atom. The quantitative estimate of drug-likeness (QED) is 0.534. The third-order valence-corrected chi connectivity index (χ3v) is 7.65. The summed E-state index contributed by atoms with van der Waals surface area (Å²) in [7, 11) is 0. The molecule has 2 saturated carbocycles. The van der Waals surface area contributed by atoms with Crippen LogP contribution < -0.4 is 0 Å². The zero-order valence-corrected chi connectivity index (χ0v) is 15.6. The van der Waals surface area contributed by atoms with Gasteiger partial charge in [-0.3, -0.25) is 0 Å². The molecule has 0 spiro atoms. The topological polar surface area (TPSA) is 87.0 Å². The van der Waals surface area contributed by atoms with Gasteiger partial charge in [-0.2, -0.15) is 0 Å². The van der Waals surface area contributed by atoms with Crippen molar-refractivity contribution in [2.24, 2.45) is 28.6 Å². The van der Waals surface area contributed by atoms with Crippen LogP contribution in [-0.2, 0) is 9.53 Å². The Balaban J connectivity index is 1.88. The fraction of sp³-hybridized carbons (Fsp3) is 0.850. The lowest BCUT2D eigenvalue weighted by Gasteiger charge is -2.61. The number of aliphatic hydroxyl groups is 3. The summed E-state index contributed by atoms with van der Waals surface area (Å²) in [5.74, 6) is 0.717. The number of fused-ring (bicyclic) bond motifs is 1. The van der Waals surface area contributed by atoms with Crippen molar-refractivity contribution in [1.82, 2.24) is 0 Å². The van der Waals surface area contributed by atoms with E-state index in [9.17, 15) is 20.1 Å². The van der Waals surface area contributed by atoms with Crippen LogP contribution in [0.1, 0.15) is 52.9 Å². The van der Waals surface area contributed by atoms with Crippen molar-refractivity contribution in [2.45, 2.75) is 65.1 Å². The maximum absolute atomic E-state index is 11.8. The van der Waals surface area contributed by atoms with E-state index in [0.717, 1.165) is 25.7 Å². The van der Waals surface area contributed by atoms with Crippen molar-refractivity contribution in [1.29, 1.82) is 0 Å². The van der Waals surface area contributed by atoms with E-state index < -0.39 is 23.6 Å². The molecule has 1 unspecified atom stereocenters. The van der Waals surface area contributed by atoms with E-state index in [4.69, 9.17) is 4.74 Å². The molecule has 5 nitrogen and oxygen atoms in total. The Labute approximate surface area is 150 Å². The first-order valence-electron chi connectivity index (χ1n) is 9.58. The van der Waals surface area contributed by atoms with Crippen LogP contribution in [0.5, 0.6) is 0 Å². The minimum atomic E-state index is -0.814. The number of rotatable bonds is 3. The van der Waals surface area contributed by atoms with Crippen molar-refractivity contribution in [3.63, 3.8) is 0 Å². The zero-order chi connectivity index (χ0) is 18.4. The highest BCUT2D eigenvalue weighted by Gasteiger charge is 2.57. The molecule has 7 atom stereocenters. The monoisotopic (exact) mass is 352 g/mol. The largest absolute Gasteiger partial charge is 0.459 e. The average Bonchev–Trinajstić information content (AvgIpc) is 2.89. The summed E-state index contributed by atoms with van der Waals surface area (Å²) in [5, 5.41) is 30.5. The van der Waals surface area contributed by atoms with E-state index in [2.05, 4.69) is 13.8 Å². The summed E-state index contributed by atoms with van der Waals surface area (Å²) in [6, 6.07) is 0. The molecule has 0 aromatic carbocycles. The van der Waals surface area contributed by atoms with Crippen LogP contribution in [0.4, 0.5) is 0 Å². The van der Waals surface area contributed by atoms with Crippen LogP contribution in [-0.4, -0.2) is 46.7 Å². The predicted molar refractivity (Wildman–Crippen MR) is 93.6 cm³/mol. The van der Waals surface area contributed by atoms with Gasteiger partial charge in [0.15, 0.2) is 0 Å². The number of allylic oxidation sites excluding steroid dienone is 1. The molecule has 0 bridgehead atoms. The highest BCUT2D eigenvalue weighted by Crippen LogP contribution is 2.61. The summed E-state index contributed by atoms with van der Waals surface area (Å²) in [6.45, 7) is 6.62. The van der Waals surface area contributed by atoms with Crippen LogP contribution in [0.15, 0.2) is 11.6 Å². The molecular formula is C20H32O5. The minimum Gasteiger partial charge on any atom is -0.459 e. The second kappa shape index (κ2) is 6.67. The summed E-state index contributed by atoms with van der Waals surface area (Å²) < 4.78 is 4.92. The molecule has 0 aromatic heterocycles. The Kier molecular flexibility index (Phi) is 5.04. The molecule has 3 aliphatic rings. The van der Waals surface area contributed by atoms with Crippen LogP contribution in [0, 0.1) is 28.6 Å². The molecule has 1 aliphatic heterocycles. The van der Waals surface area contributed by atoms with Gasteiger partial charge < -0.3 is 20.1 Å². The van der Waals surface area contributed by atoms with E-state index in [1.807, 2.05) is 13.0 Å². The highest BCUT2D eigenvalue weighted by molar-refractivity contribution is 5.91. The molecule has 3 fully saturated rings. The molecule has 1 heterocycles. The van der Waals surface area contributed by atoms with Gasteiger partial charge in [0.25, 0.3) is 0 Å². The summed E-state index contributed by atoms with van der Waals surface area (Å²) in [4.78, 5) is 11.8. The van der Waals surface area contributed by atoms with Crippen LogP contribution in [0.25, 0.3) is 0 Å². The molecule has 3 N–H and O–H groups in total. The maximum Gasteiger partial charge on any atom is 0.336 e.